The standard InChI is InChI=1S/C23H32NOSi2.2ClH.Zr/c1-9-27(8)21-17-14-15-12-10-11-13-16(15)18(17)20(25-26(5,6)7)19(22(21)27)24-23(2,3)4;;;/h10-14,24H,9H2,1-8H3;2*1H;/q;;;+2/p-2. The summed E-state index contributed by atoms with van der Waals surface area (Å²) in [5.74, 6) is 1.16. The smallest absolute Gasteiger partial charge is 1.00 e. The largest absolute Gasteiger partial charge is 1.00 e. The first-order valence-electron chi connectivity index (χ1n) is 10.4. The summed E-state index contributed by atoms with van der Waals surface area (Å²) in [6, 6.07) is 10.3. The van der Waals surface area contributed by atoms with Crippen LogP contribution in [0.1, 0.15) is 42.4 Å². The van der Waals surface area contributed by atoms with E-state index in [0.29, 0.717) is 3.63 Å². The van der Waals surface area contributed by atoms with Gasteiger partial charge in [-0.25, -0.2) is 0 Å². The predicted molar refractivity (Wildman–Crippen MR) is 122 cm³/mol. The molecule has 0 radical (unpaired) electrons. The Morgan fingerprint density at radius 3 is 2.23 bits per heavy atom. The van der Waals surface area contributed by atoms with E-state index in [0.717, 1.165) is 5.75 Å². The van der Waals surface area contributed by atoms with Gasteiger partial charge < -0.3 is 24.8 Å². The number of halogens is 2. The monoisotopic (exact) mass is 554 g/mol. The molecule has 2 atom stereocenters. The molecule has 0 saturated carbocycles. The molecule has 0 saturated heterocycles. The van der Waals surface area contributed by atoms with Crippen molar-refractivity contribution in [3.05, 3.63) is 35.4 Å². The third-order valence-electron chi connectivity index (χ3n) is 5.98. The molecular weight excluding hydrogens is 525 g/mol. The van der Waals surface area contributed by atoms with Gasteiger partial charge in [0.1, 0.15) is 0 Å². The van der Waals surface area contributed by atoms with E-state index in [-0.39, 0.29) is 30.4 Å². The fraction of sp³-hybridized carbons (Fsp3) is 0.478. The number of hydrogen-bond donors (Lipinski definition) is 1. The molecule has 1 heterocycles. The van der Waals surface area contributed by atoms with Crippen molar-refractivity contribution in [2.75, 3.05) is 5.32 Å². The number of hydrogen-bond acceptors (Lipinski definition) is 2. The van der Waals surface area contributed by atoms with Gasteiger partial charge in [0.2, 0.25) is 0 Å². The molecule has 0 fully saturated rings. The van der Waals surface area contributed by atoms with E-state index in [2.05, 4.69) is 83.5 Å². The Balaban J connectivity index is 0.00000160. The molecule has 4 rings (SSSR count). The van der Waals surface area contributed by atoms with Crippen LogP contribution >= 0.6 is 0 Å². The molecule has 1 aliphatic carbocycles. The van der Waals surface area contributed by atoms with Crippen LogP contribution in [0, 0.1) is 0 Å². The van der Waals surface area contributed by atoms with Gasteiger partial charge in [0, 0.05) is 0 Å². The Morgan fingerprint density at radius 2 is 1.70 bits per heavy atom. The van der Waals surface area contributed by atoms with Crippen LogP contribution in [0.4, 0.5) is 5.69 Å². The zero-order valence-corrected chi connectivity index (χ0v) is 25.2. The van der Waals surface area contributed by atoms with E-state index in [4.69, 9.17) is 4.43 Å². The quantitative estimate of drug-likeness (QED) is 0.502. The minimum atomic E-state index is -1.76. The third kappa shape index (κ3) is 4.14. The summed E-state index contributed by atoms with van der Waals surface area (Å²) in [5, 5.41) is 7.28. The van der Waals surface area contributed by atoms with Crippen molar-refractivity contribution in [3.8, 4) is 16.9 Å². The Hall–Kier alpha value is -0.0631. The zero-order valence-electron chi connectivity index (χ0n) is 19.3. The Bertz CT molecular complexity index is 985. The zero-order chi connectivity index (χ0) is 20.6. The molecule has 161 valence electrons. The van der Waals surface area contributed by atoms with Crippen molar-refractivity contribution >= 4 is 32.5 Å². The average molecular weight is 557 g/mol. The van der Waals surface area contributed by atoms with Gasteiger partial charge in [-0.2, -0.15) is 0 Å². The molecule has 0 amide bonds. The third-order valence-corrected chi connectivity index (χ3v) is 12.7. The summed E-state index contributed by atoms with van der Waals surface area (Å²) >= 11 is 1.59. The van der Waals surface area contributed by atoms with Crippen LogP contribution in [0.15, 0.2) is 24.3 Å². The first-order valence-corrected chi connectivity index (χ1v) is 17.9. The van der Waals surface area contributed by atoms with E-state index < -0.39 is 16.4 Å². The normalized spacial score (nSPS) is 20.9. The topological polar surface area (TPSA) is 21.3 Å². The van der Waals surface area contributed by atoms with Crippen LogP contribution in [0.3, 0.4) is 0 Å². The second kappa shape index (κ2) is 8.37. The SMILES string of the molecule is CC[Si]1(C)c2c(NC(C)(C)C)c(O[Si](C)(C)C)c3c(c21)[CH]([Zr+2])c1ccccc1-3.[Cl-].[Cl-]. The molecule has 2 aliphatic rings. The minimum absolute atomic E-state index is 0. The van der Waals surface area contributed by atoms with Gasteiger partial charge in [0.25, 0.3) is 0 Å². The number of fused-ring (bicyclic) bond motifs is 5. The summed E-state index contributed by atoms with van der Waals surface area (Å²) in [6.07, 6.45) is 0. The summed E-state index contributed by atoms with van der Waals surface area (Å²) in [5.41, 5.74) is 7.28. The molecule has 1 N–H and O–H groups in total. The number of rotatable bonds is 4. The van der Waals surface area contributed by atoms with E-state index in [1.165, 1.54) is 28.4 Å². The average Bonchev–Trinajstić information content (AvgIpc) is 3.08. The second-order valence-corrected chi connectivity index (χ2v) is 20.8. The van der Waals surface area contributed by atoms with Gasteiger partial charge in [0.05, 0.1) is 0 Å². The first-order chi connectivity index (χ1) is 12.9. The summed E-state index contributed by atoms with van der Waals surface area (Å²) in [4.78, 5) is 0. The van der Waals surface area contributed by atoms with Crippen LogP contribution in [0.2, 0.25) is 32.2 Å². The summed E-state index contributed by atoms with van der Waals surface area (Å²) in [6.45, 7) is 18.7. The maximum absolute atomic E-state index is 6.89. The summed E-state index contributed by atoms with van der Waals surface area (Å²) in [7, 11) is -3.28. The van der Waals surface area contributed by atoms with Gasteiger partial charge in [-0.1, -0.05) is 0 Å². The maximum Gasteiger partial charge on any atom is -1.00 e. The maximum atomic E-state index is 6.89. The fourth-order valence-electron chi connectivity index (χ4n) is 4.68. The molecule has 7 heteroatoms. The fourth-order valence-corrected chi connectivity index (χ4v) is 11.2. The van der Waals surface area contributed by atoms with E-state index in [1.807, 2.05) is 0 Å². The molecule has 1 aliphatic heterocycles. The van der Waals surface area contributed by atoms with Crippen molar-refractivity contribution in [1.82, 2.24) is 0 Å². The van der Waals surface area contributed by atoms with Gasteiger partial charge in [-0.15, -0.1) is 0 Å². The van der Waals surface area contributed by atoms with Crippen LogP contribution < -0.4 is 44.9 Å². The molecule has 30 heavy (non-hydrogen) atoms. The summed E-state index contributed by atoms with van der Waals surface area (Å²) < 4.78 is 7.44. The van der Waals surface area contributed by atoms with Gasteiger partial charge in [0.15, 0.2) is 0 Å². The van der Waals surface area contributed by atoms with Gasteiger partial charge in [-0.05, 0) is 0 Å². The van der Waals surface area contributed by atoms with Crippen molar-refractivity contribution in [1.29, 1.82) is 0 Å². The second-order valence-electron chi connectivity index (χ2n) is 10.5. The van der Waals surface area contributed by atoms with Gasteiger partial charge in [-0.3, -0.25) is 0 Å². The first kappa shape index (κ1) is 26.2. The predicted octanol–water partition coefficient (Wildman–Crippen LogP) is -0.739. The van der Waals surface area contributed by atoms with Crippen LogP contribution in [0.25, 0.3) is 11.1 Å². The number of anilines is 1. The number of benzene rings is 2. The van der Waals surface area contributed by atoms with Crippen molar-refractivity contribution in [2.45, 2.75) is 69.1 Å². The van der Waals surface area contributed by atoms with Gasteiger partial charge >= 0.3 is 188 Å². The van der Waals surface area contributed by atoms with Crippen molar-refractivity contribution < 1.29 is 54.0 Å². The van der Waals surface area contributed by atoms with E-state index >= 15 is 0 Å². The molecule has 0 spiro atoms. The van der Waals surface area contributed by atoms with E-state index in [1.54, 1.807) is 40.7 Å². The van der Waals surface area contributed by atoms with Crippen LogP contribution in [0.5, 0.6) is 5.75 Å². The molecule has 2 nitrogen and oxygen atoms in total. The molecule has 2 unspecified atom stereocenters. The Kier molecular flexibility index (Phi) is 7.31. The Morgan fingerprint density at radius 1 is 1.10 bits per heavy atom. The molecule has 0 bridgehead atoms. The molecule has 0 aromatic heterocycles. The minimum Gasteiger partial charge on any atom is -1.00 e. The number of nitrogens with one attached hydrogen (secondary N) is 1. The molecule has 2 aromatic carbocycles. The van der Waals surface area contributed by atoms with Crippen molar-refractivity contribution in [3.63, 3.8) is 0 Å². The van der Waals surface area contributed by atoms with Crippen molar-refractivity contribution in [2.24, 2.45) is 0 Å². The van der Waals surface area contributed by atoms with Crippen LogP contribution in [-0.2, 0) is 24.7 Å². The Labute approximate surface area is 211 Å². The van der Waals surface area contributed by atoms with Crippen LogP contribution in [-0.4, -0.2) is 21.9 Å². The molecule has 2 aromatic rings. The van der Waals surface area contributed by atoms with E-state index in [9.17, 15) is 0 Å². The molecular formula is C23H32Cl2NOSi2Zr.